The molecule has 0 amide bonds. The van der Waals surface area contributed by atoms with Crippen LogP contribution in [-0.4, -0.2) is 65.5 Å². The van der Waals surface area contributed by atoms with E-state index in [1.807, 2.05) is 52.0 Å². The molecule has 0 saturated heterocycles. The van der Waals surface area contributed by atoms with Gasteiger partial charge in [-0.1, -0.05) is 0 Å². The van der Waals surface area contributed by atoms with Gasteiger partial charge in [-0.25, -0.2) is 9.97 Å². The van der Waals surface area contributed by atoms with Crippen LogP contribution in [0.1, 0.15) is 84.6 Å². The van der Waals surface area contributed by atoms with Crippen molar-refractivity contribution in [1.29, 1.82) is 0 Å². The topological polar surface area (TPSA) is 172 Å². The second-order valence-electron chi connectivity index (χ2n) is 11.4. The van der Waals surface area contributed by atoms with E-state index in [0.29, 0.717) is 36.3 Å². The summed E-state index contributed by atoms with van der Waals surface area (Å²) in [5.74, 6) is -1.80. The number of aliphatic hydroxyl groups is 2. The molecule has 0 radical (unpaired) electrons. The van der Waals surface area contributed by atoms with Gasteiger partial charge in [-0.15, -0.1) is 0 Å². The van der Waals surface area contributed by atoms with Crippen LogP contribution in [0.5, 0.6) is 0 Å². The number of fused-ring (bicyclic) bond motifs is 8. The first kappa shape index (κ1) is 30.9. The summed E-state index contributed by atoms with van der Waals surface area (Å²) >= 11 is 0. The minimum atomic E-state index is -0.907. The number of nitrogens with zero attached hydrogens (tertiary/aromatic N) is 2. The zero-order chi connectivity index (χ0) is 31.7. The van der Waals surface area contributed by atoms with Gasteiger partial charge in [-0.3, -0.25) is 9.59 Å². The molecule has 0 unspecified atom stereocenters. The van der Waals surface area contributed by atoms with Gasteiger partial charge in [0.1, 0.15) is 0 Å². The van der Waals surface area contributed by atoms with Crippen molar-refractivity contribution >= 4 is 56.3 Å². The predicted molar refractivity (Wildman–Crippen MR) is 171 cm³/mol. The van der Waals surface area contributed by atoms with Crippen LogP contribution in [0.15, 0.2) is 24.3 Å². The fourth-order valence-corrected chi connectivity index (χ4v) is 6.18. The molecular weight excluding hydrogens is 560 g/mol. The van der Waals surface area contributed by atoms with E-state index < -0.39 is 11.9 Å². The summed E-state index contributed by atoms with van der Waals surface area (Å²) in [6, 6.07) is 7.75. The van der Waals surface area contributed by atoms with Crippen molar-refractivity contribution < 1.29 is 30.0 Å². The van der Waals surface area contributed by atoms with Gasteiger partial charge in [-0.05, 0) is 122 Å². The molecule has 44 heavy (non-hydrogen) atoms. The normalized spacial score (nSPS) is 13.2. The van der Waals surface area contributed by atoms with Crippen LogP contribution < -0.4 is 0 Å². The number of nitrogens with one attached hydrogen (secondary N) is 2. The van der Waals surface area contributed by atoms with E-state index in [1.165, 1.54) is 0 Å². The van der Waals surface area contributed by atoms with Crippen molar-refractivity contribution in [3.8, 4) is 0 Å². The Labute approximate surface area is 254 Å². The molecule has 3 aromatic rings. The molecule has 0 aromatic carbocycles. The Hall–Kier alpha value is -4.54. The second kappa shape index (κ2) is 12.6. The molecule has 6 N–H and O–H groups in total. The third-order valence-electron chi connectivity index (χ3n) is 8.70. The number of aromatic nitrogens is 4. The lowest BCUT2D eigenvalue weighted by Crippen LogP contribution is -1.98. The second-order valence-corrected chi connectivity index (χ2v) is 11.4. The predicted octanol–water partition coefficient (Wildman–Crippen LogP) is 5.59. The van der Waals surface area contributed by atoms with Gasteiger partial charge in [0.15, 0.2) is 0 Å². The maximum atomic E-state index is 11.6. The lowest BCUT2D eigenvalue weighted by Gasteiger charge is -2.04. The van der Waals surface area contributed by atoms with Crippen molar-refractivity contribution in [3.63, 3.8) is 0 Å². The number of carboxylic acids is 2. The third kappa shape index (κ3) is 5.95. The molecular formula is C34H38N4O6. The number of hydrogen-bond donors (Lipinski definition) is 6. The number of rotatable bonds is 10. The molecule has 3 aromatic heterocycles. The number of allylic oxidation sites excluding steroid dienone is 3. The Morgan fingerprint density at radius 1 is 0.591 bits per heavy atom. The van der Waals surface area contributed by atoms with E-state index in [4.69, 9.17) is 9.97 Å². The molecule has 0 saturated carbocycles. The van der Waals surface area contributed by atoms with Crippen molar-refractivity contribution in [2.75, 3.05) is 13.2 Å². The summed E-state index contributed by atoms with van der Waals surface area (Å²) < 4.78 is 0. The van der Waals surface area contributed by atoms with E-state index >= 15 is 0 Å². The van der Waals surface area contributed by atoms with Gasteiger partial charge < -0.3 is 30.4 Å². The highest BCUT2D eigenvalue weighted by atomic mass is 16.4. The molecule has 0 spiro atoms. The quantitative estimate of drug-likeness (QED) is 0.175. The Kier molecular flexibility index (Phi) is 8.85. The third-order valence-corrected chi connectivity index (χ3v) is 8.70. The molecule has 230 valence electrons. The van der Waals surface area contributed by atoms with Crippen molar-refractivity contribution in [2.45, 2.75) is 66.2 Å². The zero-order valence-electron chi connectivity index (χ0n) is 25.5. The van der Waals surface area contributed by atoms with Gasteiger partial charge in [0.2, 0.25) is 0 Å². The van der Waals surface area contributed by atoms with Gasteiger partial charge >= 0.3 is 11.9 Å². The Morgan fingerprint density at radius 3 is 1.59 bits per heavy atom. The van der Waals surface area contributed by atoms with Gasteiger partial charge in [-0.2, -0.15) is 0 Å². The number of hydrogen-bond acceptors (Lipinski definition) is 6. The SMILES string of the molecule is CC1=C(CCO)c2cc3nc(cc4[nH]c(cc5[nH]c(cc1n2)c(CCO)c5C)c(C)c4CCC(=O)O)C(CCC(=O)O)=C3C. The molecule has 0 fully saturated rings. The molecule has 5 rings (SSSR count). The summed E-state index contributed by atoms with van der Waals surface area (Å²) in [6.45, 7) is 7.80. The minimum absolute atomic E-state index is 0.0184. The lowest BCUT2D eigenvalue weighted by atomic mass is 9.99. The Bertz CT molecular complexity index is 1890. The number of aliphatic carboxylic acids is 2. The summed E-state index contributed by atoms with van der Waals surface area (Å²) in [6.07, 6.45) is 1.35. The first-order valence-electron chi connectivity index (χ1n) is 14.8. The summed E-state index contributed by atoms with van der Waals surface area (Å²) in [5.41, 5.74) is 13.2. The smallest absolute Gasteiger partial charge is 0.303 e. The number of aromatic amines is 2. The van der Waals surface area contributed by atoms with E-state index in [0.717, 1.165) is 72.3 Å². The number of carboxylic acid groups (broad SMARTS) is 2. The van der Waals surface area contributed by atoms with E-state index in [1.54, 1.807) is 0 Å². The minimum Gasteiger partial charge on any atom is -0.481 e. The molecule has 0 atom stereocenters. The zero-order valence-corrected chi connectivity index (χ0v) is 25.5. The number of H-pyrrole nitrogens is 2. The summed E-state index contributed by atoms with van der Waals surface area (Å²) in [7, 11) is 0. The first-order valence-corrected chi connectivity index (χ1v) is 14.8. The number of aliphatic hydroxyl groups excluding tert-OH is 2. The van der Waals surface area contributed by atoms with Crippen LogP contribution in [-0.2, 0) is 22.4 Å². The van der Waals surface area contributed by atoms with Crippen molar-refractivity contribution in [2.24, 2.45) is 0 Å². The fraction of sp³-hybridized carbons (Fsp3) is 0.353. The molecule has 2 aliphatic heterocycles. The van der Waals surface area contributed by atoms with Gasteiger partial charge in [0.25, 0.3) is 0 Å². The lowest BCUT2D eigenvalue weighted by molar-refractivity contribution is -0.137. The monoisotopic (exact) mass is 598 g/mol. The van der Waals surface area contributed by atoms with Crippen LogP contribution in [0, 0.1) is 13.8 Å². The highest BCUT2D eigenvalue weighted by Crippen LogP contribution is 2.37. The van der Waals surface area contributed by atoms with Crippen molar-refractivity contribution in [1.82, 2.24) is 19.9 Å². The molecule has 5 heterocycles. The van der Waals surface area contributed by atoms with Crippen LogP contribution >= 0.6 is 0 Å². The molecule has 8 bridgehead atoms. The highest BCUT2D eigenvalue weighted by molar-refractivity contribution is 5.96. The van der Waals surface area contributed by atoms with Gasteiger partial charge in [0, 0.05) is 48.1 Å². The Morgan fingerprint density at radius 2 is 1.05 bits per heavy atom. The first-order chi connectivity index (χ1) is 21.0. The highest BCUT2D eigenvalue weighted by Gasteiger charge is 2.22. The standard InChI is InChI=1S/C34H38N4O6/c1-17-21(5-7-33(41)42)31-16-32-22(6-8-34(43)44)18(2)27(38-32)14-30-24(10-12-40)20(4)28(37-30)15-29-23(9-11-39)19(3)26(35-29)13-25(17)36-31/h13-16,35-36,39-40H,5-12H2,1-4H3,(H,41,42)(H,43,44). The van der Waals surface area contributed by atoms with Crippen LogP contribution in [0.25, 0.3) is 44.4 Å². The van der Waals surface area contributed by atoms with E-state index in [9.17, 15) is 30.0 Å². The number of aryl methyl sites for hydroxylation is 3. The fourth-order valence-electron chi connectivity index (χ4n) is 6.18. The van der Waals surface area contributed by atoms with Crippen LogP contribution in [0.3, 0.4) is 0 Å². The molecule has 2 aliphatic rings. The molecule has 10 nitrogen and oxygen atoms in total. The number of carbonyl (C=O) groups is 2. The summed E-state index contributed by atoms with van der Waals surface area (Å²) in [5, 5.41) is 38.7. The van der Waals surface area contributed by atoms with E-state index in [2.05, 4.69) is 9.97 Å². The van der Waals surface area contributed by atoms with Crippen LogP contribution in [0.4, 0.5) is 0 Å². The summed E-state index contributed by atoms with van der Waals surface area (Å²) in [4.78, 5) is 40.0. The van der Waals surface area contributed by atoms with Gasteiger partial charge in [0.05, 0.1) is 22.8 Å². The maximum absolute atomic E-state index is 11.6. The average molecular weight is 599 g/mol. The molecule has 10 heteroatoms. The van der Waals surface area contributed by atoms with Crippen molar-refractivity contribution in [3.05, 3.63) is 69.3 Å². The average Bonchev–Trinajstić information content (AvgIpc) is 3.62. The molecule has 0 aliphatic carbocycles. The van der Waals surface area contributed by atoms with E-state index in [-0.39, 0.29) is 32.5 Å². The van der Waals surface area contributed by atoms with Crippen LogP contribution in [0.2, 0.25) is 0 Å². The maximum Gasteiger partial charge on any atom is 0.303 e. The largest absolute Gasteiger partial charge is 0.481 e. The Balaban J connectivity index is 1.93.